The van der Waals surface area contributed by atoms with Crippen LogP contribution in [0.15, 0.2) is 54.6 Å². The summed E-state index contributed by atoms with van der Waals surface area (Å²) < 4.78 is 5.24. The van der Waals surface area contributed by atoms with E-state index < -0.39 is 12.1 Å². The summed E-state index contributed by atoms with van der Waals surface area (Å²) in [6, 6.07) is 16.6. The summed E-state index contributed by atoms with van der Waals surface area (Å²) in [5.41, 5.74) is 1.88. The van der Waals surface area contributed by atoms with Crippen LogP contribution in [0.3, 0.4) is 0 Å². The van der Waals surface area contributed by atoms with Gasteiger partial charge in [0.1, 0.15) is 0 Å². The van der Waals surface area contributed by atoms with Crippen molar-refractivity contribution in [3.05, 3.63) is 60.2 Å². The number of para-hydroxylation sites is 2. The predicted molar refractivity (Wildman–Crippen MR) is 89.7 cm³/mol. The SMILES string of the molecule is CCNC(=O)[C@@H](C)OC(=O)c1ccccc1Nc1ccccc1. The molecule has 0 aliphatic carbocycles. The number of likely N-dealkylation sites (N-methyl/N-ethyl adjacent to an activating group) is 1. The molecule has 0 aliphatic heterocycles. The van der Waals surface area contributed by atoms with E-state index in [2.05, 4.69) is 10.6 Å². The summed E-state index contributed by atoms with van der Waals surface area (Å²) in [5, 5.41) is 5.80. The molecule has 2 rings (SSSR count). The van der Waals surface area contributed by atoms with Gasteiger partial charge in [0.05, 0.1) is 11.3 Å². The fraction of sp³-hybridized carbons (Fsp3) is 0.222. The molecule has 0 spiro atoms. The van der Waals surface area contributed by atoms with Crippen molar-refractivity contribution in [2.45, 2.75) is 20.0 Å². The second-order valence-electron chi connectivity index (χ2n) is 4.98. The molecule has 2 aromatic carbocycles. The van der Waals surface area contributed by atoms with Crippen LogP contribution in [0.5, 0.6) is 0 Å². The van der Waals surface area contributed by atoms with E-state index in [0.29, 0.717) is 17.8 Å². The first-order valence-corrected chi connectivity index (χ1v) is 7.51. The lowest BCUT2D eigenvalue weighted by Crippen LogP contribution is -2.35. The fourth-order valence-electron chi connectivity index (χ4n) is 2.04. The van der Waals surface area contributed by atoms with Crippen LogP contribution in [-0.2, 0) is 9.53 Å². The van der Waals surface area contributed by atoms with Gasteiger partial charge in [0.15, 0.2) is 6.10 Å². The zero-order chi connectivity index (χ0) is 16.7. The molecule has 0 unspecified atom stereocenters. The largest absolute Gasteiger partial charge is 0.449 e. The summed E-state index contributed by atoms with van der Waals surface area (Å²) in [4.78, 5) is 24.0. The molecule has 2 aromatic rings. The lowest BCUT2D eigenvalue weighted by atomic mass is 10.1. The number of anilines is 2. The standard InChI is InChI=1S/C18H20N2O3/c1-3-19-17(21)13(2)23-18(22)15-11-7-8-12-16(15)20-14-9-5-4-6-10-14/h4-13,20H,3H2,1-2H3,(H,19,21)/t13-/m1/s1. The van der Waals surface area contributed by atoms with E-state index in [1.807, 2.05) is 43.3 Å². The molecule has 1 atom stereocenters. The highest BCUT2D eigenvalue weighted by Crippen LogP contribution is 2.21. The van der Waals surface area contributed by atoms with Gasteiger partial charge < -0.3 is 15.4 Å². The van der Waals surface area contributed by atoms with Crippen LogP contribution in [0.4, 0.5) is 11.4 Å². The Balaban J connectivity index is 2.13. The number of amides is 1. The predicted octanol–water partition coefficient (Wildman–Crippen LogP) is 3.11. The first-order valence-electron chi connectivity index (χ1n) is 7.51. The lowest BCUT2D eigenvalue weighted by Gasteiger charge is -2.15. The maximum Gasteiger partial charge on any atom is 0.341 e. The van der Waals surface area contributed by atoms with Crippen molar-refractivity contribution in [2.75, 3.05) is 11.9 Å². The molecular formula is C18H20N2O3. The van der Waals surface area contributed by atoms with Crippen LogP contribution in [0.25, 0.3) is 0 Å². The van der Waals surface area contributed by atoms with Gasteiger partial charge in [-0.2, -0.15) is 0 Å². The maximum absolute atomic E-state index is 12.3. The van der Waals surface area contributed by atoms with Gasteiger partial charge in [0.25, 0.3) is 5.91 Å². The van der Waals surface area contributed by atoms with Crippen molar-refractivity contribution in [1.29, 1.82) is 0 Å². The van der Waals surface area contributed by atoms with Gasteiger partial charge in [-0.3, -0.25) is 4.79 Å². The molecule has 5 nitrogen and oxygen atoms in total. The highest BCUT2D eigenvalue weighted by molar-refractivity contribution is 5.98. The molecular weight excluding hydrogens is 292 g/mol. The normalized spacial score (nSPS) is 11.4. The van der Waals surface area contributed by atoms with Gasteiger partial charge in [-0.05, 0) is 38.1 Å². The second-order valence-corrected chi connectivity index (χ2v) is 4.98. The van der Waals surface area contributed by atoms with Crippen molar-refractivity contribution < 1.29 is 14.3 Å². The number of hydrogen-bond acceptors (Lipinski definition) is 4. The average Bonchev–Trinajstić information content (AvgIpc) is 2.56. The number of carbonyl (C=O) groups excluding carboxylic acids is 2. The Morgan fingerprint density at radius 3 is 2.39 bits per heavy atom. The van der Waals surface area contributed by atoms with Crippen LogP contribution in [0, 0.1) is 0 Å². The summed E-state index contributed by atoms with van der Waals surface area (Å²) in [6.45, 7) is 3.86. The molecule has 2 N–H and O–H groups in total. The first-order chi connectivity index (χ1) is 11.1. The molecule has 0 heterocycles. The molecule has 0 radical (unpaired) electrons. The van der Waals surface area contributed by atoms with Crippen molar-refractivity contribution in [2.24, 2.45) is 0 Å². The highest BCUT2D eigenvalue weighted by atomic mass is 16.5. The van der Waals surface area contributed by atoms with Gasteiger partial charge in [0, 0.05) is 12.2 Å². The van der Waals surface area contributed by atoms with Crippen LogP contribution < -0.4 is 10.6 Å². The lowest BCUT2D eigenvalue weighted by molar-refractivity contribution is -0.128. The van der Waals surface area contributed by atoms with Gasteiger partial charge in [-0.1, -0.05) is 30.3 Å². The summed E-state index contributed by atoms with van der Waals surface area (Å²) in [6.07, 6.45) is -0.841. The quantitative estimate of drug-likeness (QED) is 0.804. The Morgan fingerprint density at radius 1 is 1.04 bits per heavy atom. The third-order valence-corrected chi connectivity index (χ3v) is 3.20. The minimum absolute atomic E-state index is 0.311. The van der Waals surface area contributed by atoms with E-state index in [4.69, 9.17) is 4.74 Å². The van der Waals surface area contributed by atoms with Crippen molar-refractivity contribution in [3.63, 3.8) is 0 Å². The number of nitrogens with one attached hydrogen (secondary N) is 2. The topological polar surface area (TPSA) is 67.4 Å². The third-order valence-electron chi connectivity index (χ3n) is 3.20. The Labute approximate surface area is 135 Å². The highest BCUT2D eigenvalue weighted by Gasteiger charge is 2.20. The van der Waals surface area contributed by atoms with E-state index in [1.54, 1.807) is 25.1 Å². The number of esters is 1. The van der Waals surface area contributed by atoms with Crippen LogP contribution >= 0.6 is 0 Å². The molecule has 0 bridgehead atoms. The Hall–Kier alpha value is -2.82. The van der Waals surface area contributed by atoms with Crippen molar-refractivity contribution in [1.82, 2.24) is 5.32 Å². The summed E-state index contributed by atoms with van der Waals surface area (Å²) >= 11 is 0. The molecule has 0 aliphatic rings. The van der Waals surface area contributed by atoms with Crippen molar-refractivity contribution >= 4 is 23.3 Å². The molecule has 5 heteroatoms. The molecule has 0 aromatic heterocycles. The second kappa shape index (κ2) is 7.98. The molecule has 1 amide bonds. The van der Waals surface area contributed by atoms with Gasteiger partial charge in [-0.25, -0.2) is 4.79 Å². The molecule has 0 saturated heterocycles. The number of hydrogen-bond donors (Lipinski definition) is 2. The average molecular weight is 312 g/mol. The Kier molecular flexibility index (Phi) is 5.74. The van der Waals surface area contributed by atoms with Crippen molar-refractivity contribution in [3.8, 4) is 0 Å². The zero-order valence-corrected chi connectivity index (χ0v) is 13.2. The summed E-state index contributed by atoms with van der Waals surface area (Å²) in [5.74, 6) is -0.850. The number of ether oxygens (including phenoxy) is 1. The fourth-order valence-corrected chi connectivity index (χ4v) is 2.04. The van der Waals surface area contributed by atoms with Gasteiger partial charge in [-0.15, -0.1) is 0 Å². The minimum Gasteiger partial charge on any atom is -0.449 e. The van der Waals surface area contributed by atoms with Crippen LogP contribution in [0.1, 0.15) is 24.2 Å². The van der Waals surface area contributed by atoms with Gasteiger partial charge in [0.2, 0.25) is 0 Å². The van der Waals surface area contributed by atoms with Crippen LogP contribution in [-0.4, -0.2) is 24.5 Å². The molecule has 120 valence electrons. The van der Waals surface area contributed by atoms with E-state index in [-0.39, 0.29) is 5.91 Å². The monoisotopic (exact) mass is 312 g/mol. The Bertz CT molecular complexity index is 671. The minimum atomic E-state index is -0.841. The van der Waals surface area contributed by atoms with E-state index in [0.717, 1.165) is 5.69 Å². The van der Waals surface area contributed by atoms with E-state index in [9.17, 15) is 9.59 Å². The summed E-state index contributed by atoms with van der Waals surface area (Å²) in [7, 11) is 0. The molecule has 0 saturated carbocycles. The van der Waals surface area contributed by atoms with Crippen LogP contribution in [0.2, 0.25) is 0 Å². The smallest absolute Gasteiger partial charge is 0.341 e. The third kappa shape index (κ3) is 4.57. The zero-order valence-electron chi connectivity index (χ0n) is 13.2. The number of carbonyl (C=O) groups is 2. The Morgan fingerprint density at radius 2 is 1.70 bits per heavy atom. The molecule has 23 heavy (non-hydrogen) atoms. The first kappa shape index (κ1) is 16.5. The number of rotatable bonds is 6. The van der Waals surface area contributed by atoms with E-state index >= 15 is 0 Å². The number of benzene rings is 2. The van der Waals surface area contributed by atoms with E-state index in [1.165, 1.54) is 0 Å². The molecule has 0 fully saturated rings. The maximum atomic E-state index is 12.3. The van der Waals surface area contributed by atoms with Gasteiger partial charge >= 0.3 is 5.97 Å².